The number of hydrogen-bond donors (Lipinski definition) is 0. The largest absolute Gasteiger partial charge is 0.0836 e. The van der Waals surface area contributed by atoms with Crippen molar-refractivity contribution in [3.8, 4) is 0 Å². The first kappa shape index (κ1) is 9.01. The summed E-state index contributed by atoms with van der Waals surface area (Å²) in [6.45, 7) is 0. The molecule has 0 saturated heterocycles. The maximum atomic E-state index is 2.28. The van der Waals surface area contributed by atoms with Gasteiger partial charge in [0.2, 0.25) is 0 Å². The van der Waals surface area contributed by atoms with Crippen molar-refractivity contribution in [2.24, 2.45) is 0 Å². The summed E-state index contributed by atoms with van der Waals surface area (Å²) in [6, 6.07) is 10.4. The zero-order chi connectivity index (χ0) is 9.64. The molecule has 1 aliphatic carbocycles. The number of benzene rings is 1. The first-order valence-electron chi connectivity index (χ1n) is 5.05. The van der Waals surface area contributed by atoms with Gasteiger partial charge in [0, 0.05) is 0 Å². The molecule has 14 heavy (non-hydrogen) atoms. The minimum absolute atomic E-state index is 1.17. The van der Waals surface area contributed by atoms with Crippen molar-refractivity contribution in [2.45, 2.75) is 12.8 Å². The van der Waals surface area contributed by atoms with Crippen LogP contribution in [0.5, 0.6) is 0 Å². The lowest BCUT2D eigenvalue weighted by Gasteiger charge is -2.00. The van der Waals surface area contributed by atoms with Crippen LogP contribution < -0.4 is 0 Å². The van der Waals surface area contributed by atoms with E-state index in [4.69, 9.17) is 0 Å². The summed E-state index contributed by atoms with van der Waals surface area (Å²) < 4.78 is 0. The maximum absolute atomic E-state index is 2.28. The Morgan fingerprint density at radius 3 is 2.50 bits per heavy atom. The molecule has 1 aliphatic rings. The Labute approximate surface area is 85.3 Å². The first-order chi connectivity index (χ1) is 6.95. The van der Waals surface area contributed by atoms with Crippen LogP contribution in [0, 0.1) is 0 Å². The molecule has 0 aromatic heterocycles. The SMILES string of the molecule is C1=CC(/C=C/c2ccccc2)=CCC1. The summed E-state index contributed by atoms with van der Waals surface area (Å²) >= 11 is 0. The van der Waals surface area contributed by atoms with Crippen LogP contribution in [0.1, 0.15) is 18.4 Å². The number of allylic oxidation sites excluding steroid dienone is 5. The van der Waals surface area contributed by atoms with Crippen LogP contribution in [0.2, 0.25) is 0 Å². The number of rotatable bonds is 2. The van der Waals surface area contributed by atoms with Gasteiger partial charge >= 0.3 is 0 Å². The zero-order valence-electron chi connectivity index (χ0n) is 8.19. The average molecular weight is 182 g/mol. The van der Waals surface area contributed by atoms with Crippen molar-refractivity contribution in [1.29, 1.82) is 0 Å². The van der Waals surface area contributed by atoms with Gasteiger partial charge in [0.25, 0.3) is 0 Å². The summed E-state index contributed by atoms with van der Waals surface area (Å²) in [5, 5.41) is 0. The van der Waals surface area contributed by atoms with E-state index in [0.717, 1.165) is 0 Å². The second-order valence-electron chi connectivity index (χ2n) is 3.43. The highest BCUT2D eigenvalue weighted by molar-refractivity contribution is 5.54. The number of hydrogen-bond acceptors (Lipinski definition) is 0. The van der Waals surface area contributed by atoms with Gasteiger partial charge in [-0.05, 0) is 24.0 Å². The van der Waals surface area contributed by atoms with Gasteiger partial charge in [-0.2, -0.15) is 0 Å². The highest BCUT2D eigenvalue weighted by Crippen LogP contribution is 2.12. The summed E-state index contributed by atoms with van der Waals surface area (Å²) in [4.78, 5) is 0. The molecule has 0 spiro atoms. The molecule has 0 nitrogen and oxygen atoms in total. The quantitative estimate of drug-likeness (QED) is 0.649. The monoisotopic (exact) mass is 182 g/mol. The van der Waals surface area contributed by atoms with Gasteiger partial charge in [-0.3, -0.25) is 0 Å². The summed E-state index contributed by atoms with van der Waals surface area (Å²) in [7, 11) is 0. The van der Waals surface area contributed by atoms with E-state index in [1.54, 1.807) is 0 Å². The molecule has 0 unspecified atom stereocenters. The molecule has 0 atom stereocenters. The molecule has 0 heteroatoms. The van der Waals surface area contributed by atoms with Crippen LogP contribution in [0.4, 0.5) is 0 Å². The van der Waals surface area contributed by atoms with Gasteiger partial charge in [-0.1, -0.05) is 60.7 Å². The Bertz CT molecular complexity index is 366. The second-order valence-corrected chi connectivity index (χ2v) is 3.43. The van der Waals surface area contributed by atoms with Crippen molar-refractivity contribution in [3.05, 3.63) is 65.8 Å². The Hall–Kier alpha value is -1.56. The van der Waals surface area contributed by atoms with Gasteiger partial charge in [-0.15, -0.1) is 0 Å². The van der Waals surface area contributed by atoms with Crippen molar-refractivity contribution in [1.82, 2.24) is 0 Å². The zero-order valence-corrected chi connectivity index (χ0v) is 8.19. The van der Waals surface area contributed by atoms with Crippen molar-refractivity contribution >= 4 is 6.08 Å². The molecule has 0 heterocycles. The van der Waals surface area contributed by atoms with Crippen LogP contribution in [-0.2, 0) is 0 Å². The normalized spacial score (nSPS) is 15.9. The maximum Gasteiger partial charge on any atom is -0.0256 e. The predicted molar refractivity (Wildman–Crippen MR) is 61.9 cm³/mol. The van der Waals surface area contributed by atoms with E-state index in [-0.39, 0.29) is 0 Å². The highest BCUT2D eigenvalue weighted by atomic mass is 14.0. The van der Waals surface area contributed by atoms with E-state index in [9.17, 15) is 0 Å². The minimum Gasteiger partial charge on any atom is -0.0836 e. The molecule has 1 aromatic rings. The van der Waals surface area contributed by atoms with Crippen molar-refractivity contribution in [2.75, 3.05) is 0 Å². The first-order valence-corrected chi connectivity index (χ1v) is 5.05. The van der Waals surface area contributed by atoms with E-state index >= 15 is 0 Å². The van der Waals surface area contributed by atoms with Gasteiger partial charge in [0.05, 0.1) is 0 Å². The Morgan fingerprint density at radius 1 is 0.929 bits per heavy atom. The lowest BCUT2D eigenvalue weighted by molar-refractivity contribution is 1.03. The lowest BCUT2D eigenvalue weighted by Crippen LogP contribution is -1.79. The van der Waals surface area contributed by atoms with Crippen LogP contribution in [0.25, 0.3) is 6.08 Å². The van der Waals surface area contributed by atoms with E-state index in [1.807, 2.05) is 6.07 Å². The molecule has 0 N–H and O–H groups in total. The molecular weight excluding hydrogens is 168 g/mol. The third-order valence-electron chi connectivity index (χ3n) is 2.29. The van der Waals surface area contributed by atoms with Gasteiger partial charge in [-0.25, -0.2) is 0 Å². The smallest absolute Gasteiger partial charge is 0.0256 e. The third-order valence-corrected chi connectivity index (χ3v) is 2.29. The molecule has 0 saturated carbocycles. The minimum atomic E-state index is 1.17. The average Bonchev–Trinajstić information content (AvgIpc) is 2.29. The highest BCUT2D eigenvalue weighted by Gasteiger charge is 1.91. The molecule has 1 aromatic carbocycles. The fraction of sp³-hybridized carbons (Fsp3) is 0.143. The van der Waals surface area contributed by atoms with Crippen LogP contribution in [0.3, 0.4) is 0 Å². The molecule has 0 fully saturated rings. The summed E-state index contributed by atoms with van der Waals surface area (Å²) in [6.07, 6.45) is 13.4. The molecule has 0 radical (unpaired) electrons. The van der Waals surface area contributed by atoms with E-state index in [2.05, 4.69) is 54.6 Å². The van der Waals surface area contributed by atoms with Crippen LogP contribution in [-0.4, -0.2) is 0 Å². The molecular formula is C14H14. The van der Waals surface area contributed by atoms with E-state index < -0.39 is 0 Å². The molecule has 70 valence electrons. The van der Waals surface area contributed by atoms with Gasteiger partial charge in [0.1, 0.15) is 0 Å². The molecule has 0 amide bonds. The van der Waals surface area contributed by atoms with Crippen molar-refractivity contribution in [3.63, 3.8) is 0 Å². The fourth-order valence-corrected chi connectivity index (χ4v) is 1.51. The lowest BCUT2D eigenvalue weighted by atomic mass is 10.1. The topological polar surface area (TPSA) is 0 Å². The third kappa shape index (κ3) is 2.46. The molecule has 2 rings (SSSR count). The van der Waals surface area contributed by atoms with Crippen molar-refractivity contribution < 1.29 is 0 Å². The summed E-state index contributed by atoms with van der Waals surface area (Å²) in [5.41, 5.74) is 2.58. The Morgan fingerprint density at radius 2 is 1.79 bits per heavy atom. The van der Waals surface area contributed by atoms with E-state index in [1.165, 1.54) is 24.0 Å². The molecule has 0 aliphatic heterocycles. The molecule has 0 bridgehead atoms. The predicted octanol–water partition coefficient (Wildman–Crippen LogP) is 3.98. The van der Waals surface area contributed by atoms with Crippen LogP contribution >= 0.6 is 0 Å². The van der Waals surface area contributed by atoms with Gasteiger partial charge < -0.3 is 0 Å². The second kappa shape index (κ2) is 4.61. The Balaban J connectivity index is 2.07. The fourth-order valence-electron chi connectivity index (χ4n) is 1.51. The van der Waals surface area contributed by atoms with Gasteiger partial charge in [0.15, 0.2) is 0 Å². The van der Waals surface area contributed by atoms with Crippen LogP contribution in [0.15, 0.2) is 60.2 Å². The Kier molecular flexibility index (Phi) is 2.97. The summed E-state index contributed by atoms with van der Waals surface area (Å²) in [5.74, 6) is 0. The standard InChI is InChI=1S/C14H14/c1-3-7-13(8-4-1)11-12-14-9-5-2-6-10-14/h1,3-5,7-12H,2,6H2/b12-11+. The van der Waals surface area contributed by atoms with E-state index in [0.29, 0.717) is 0 Å².